The van der Waals surface area contributed by atoms with Crippen LogP contribution < -0.4 is 5.32 Å². The Bertz CT molecular complexity index is 624. The molecule has 4 heteroatoms. The van der Waals surface area contributed by atoms with E-state index in [4.69, 9.17) is 0 Å². The Labute approximate surface area is 118 Å². The first-order chi connectivity index (χ1) is 9.61. The molecular weight excluding hydrogens is 252 g/mol. The largest absolute Gasteiger partial charge is 0.381 e. The second-order valence-electron chi connectivity index (χ2n) is 4.73. The lowest BCUT2D eigenvalue weighted by Gasteiger charge is -2.10. The summed E-state index contributed by atoms with van der Waals surface area (Å²) in [6.07, 6.45) is 0.991. The van der Waals surface area contributed by atoms with Crippen LogP contribution in [0.5, 0.6) is 0 Å². The minimum absolute atomic E-state index is 0.173. The van der Waals surface area contributed by atoms with Crippen LogP contribution in [0.3, 0.4) is 0 Å². The summed E-state index contributed by atoms with van der Waals surface area (Å²) in [5.41, 5.74) is 4.14. The molecule has 104 valence electrons. The maximum atomic E-state index is 10.9. The van der Waals surface area contributed by atoms with Gasteiger partial charge >= 0.3 is 0 Å². The van der Waals surface area contributed by atoms with Gasteiger partial charge in [-0.05, 0) is 36.6 Å². The zero-order chi connectivity index (χ0) is 14.5. The molecule has 2 aromatic carbocycles. The molecule has 0 fully saturated rings. The normalized spacial score (nSPS) is 10.3. The smallest absolute Gasteiger partial charge is 0.272 e. The number of benzene rings is 2. The fourth-order valence-electron chi connectivity index (χ4n) is 2.16. The summed E-state index contributed by atoms with van der Waals surface area (Å²) in [5.74, 6) is 0. The third-order valence-corrected chi connectivity index (χ3v) is 3.43. The molecule has 2 rings (SSSR count). The second-order valence-corrected chi connectivity index (χ2v) is 4.73. The number of nitrogens with zero attached hydrogens (tertiary/aromatic N) is 1. The molecule has 0 spiro atoms. The summed E-state index contributed by atoms with van der Waals surface area (Å²) >= 11 is 0. The van der Waals surface area contributed by atoms with Gasteiger partial charge in [-0.15, -0.1) is 0 Å². The summed E-state index contributed by atoms with van der Waals surface area (Å²) in [7, 11) is 0. The van der Waals surface area contributed by atoms with Crippen molar-refractivity contribution in [2.45, 2.75) is 26.8 Å². The summed E-state index contributed by atoms with van der Waals surface area (Å²) in [5, 5.41) is 14.2. The molecule has 0 amide bonds. The third-order valence-electron chi connectivity index (χ3n) is 3.43. The van der Waals surface area contributed by atoms with Crippen LogP contribution in [-0.2, 0) is 13.0 Å². The predicted molar refractivity (Wildman–Crippen MR) is 81.0 cm³/mol. The average molecular weight is 270 g/mol. The van der Waals surface area contributed by atoms with Gasteiger partial charge in [0.25, 0.3) is 5.69 Å². The molecule has 20 heavy (non-hydrogen) atoms. The van der Waals surface area contributed by atoms with Crippen molar-refractivity contribution >= 4 is 11.4 Å². The lowest BCUT2D eigenvalue weighted by molar-refractivity contribution is -0.385. The van der Waals surface area contributed by atoms with E-state index < -0.39 is 0 Å². The van der Waals surface area contributed by atoms with E-state index >= 15 is 0 Å². The number of anilines is 1. The van der Waals surface area contributed by atoms with E-state index in [-0.39, 0.29) is 10.6 Å². The SMILES string of the molecule is CCc1cccc(NCc2cccc([N+](=O)[O-])c2C)c1. The highest BCUT2D eigenvalue weighted by atomic mass is 16.6. The average Bonchev–Trinajstić information content (AvgIpc) is 2.46. The molecule has 2 aromatic rings. The van der Waals surface area contributed by atoms with Gasteiger partial charge in [-0.3, -0.25) is 10.1 Å². The van der Waals surface area contributed by atoms with Crippen molar-refractivity contribution in [1.29, 1.82) is 0 Å². The first kappa shape index (κ1) is 14.1. The van der Waals surface area contributed by atoms with E-state index in [9.17, 15) is 10.1 Å². The zero-order valence-electron chi connectivity index (χ0n) is 11.7. The highest BCUT2D eigenvalue weighted by Crippen LogP contribution is 2.22. The molecule has 1 N–H and O–H groups in total. The van der Waals surface area contributed by atoms with E-state index in [1.807, 2.05) is 18.2 Å². The molecule has 0 aliphatic carbocycles. The second kappa shape index (κ2) is 6.19. The molecule has 0 saturated carbocycles. The van der Waals surface area contributed by atoms with Crippen molar-refractivity contribution in [3.05, 3.63) is 69.3 Å². The van der Waals surface area contributed by atoms with E-state index in [1.54, 1.807) is 13.0 Å². The third kappa shape index (κ3) is 3.15. The number of aryl methyl sites for hydroxylation is 1. The Balaban J connectivity index is 2.14. The van der Waals surface area contributed by atoms with Gasteiger partial charge in [0.1, 0.15) is 0 Å². The molecule has 0 bridgehead atoms. The molecule has 0 aliphatic rings. The van der Waals surface area contributed by atoms with Gasteiger partial charge < -0.3 is 5.32 Å². The van der Waals surface area contributed by atoms with Crippen molar-refractivity contribution in [3.8, 4) is 0 Å². The molecule has 0 aromatic heterocycles. The van der Waals surface area contributed by atoms with Crippen LogP contribution in [0.15, 0.2) is 42.5 Å². The quantitative estimate of drug-likeness (QED) is 0.658. The van der Waals surface area contributed by atoms with Gasteiger partial charge in [0, 0.05) is 23.9 Å². The first-order valence-corrected chi connectivity index (χ1v) is 6.67. The first-order valence-electron chi connectivity index (χ1n) is 6.67. The molecule has 0 unspecified atom stereocenters. The van der Waals surface area contributed by atoms with Gasteiger partial charge in [-0.25, -0.2) is 0 Å². The van der Waals surface area contributed by atoms with Crippen LogP contribution in [0.2, 0.25) is 0 Å². The van der Waals surface area contributed by atoms with Crippen LogP contribution in [0.1, 0.15) is 23.6 Å². The van der Waals surface area contributed by atoms with Crippen molar-refractivity contribution in [3.63, 3.8) is 0 Å². The van der Waals surface area contributed by atoms with Crippen molar-refractivity contribution < 1.29 is 4.92 Å². The van der Waals surface area contributed by atoms with Gasteiger partial charge in [-0.1, -0.05) is 31.2 Å². The Morgan fingerprint density at radius 1 is 1.20 bits per heavy atom. The number of rotatable bonds is 5. The summed E-state index contributed by atoms with van der Waals surface area (Å²) < 4.78 is 0. The van der Waals surface area contributed by atoms with E-state index in [2.05, 4.69) is 24.4 Å². The summed E-state index contributed by atoms with van der Waals surface area (Å²) in [4.78, 5) is 10.6. The molecule has 0 saturated heterocycles. The van der Waals surface area contributed by atoms with Crippen LogP contribution in [-0.4, -0.2) is 4.92 Å². The van der Waals surface area contributed by atoms with Gasteiger partial charge in [0.05, 0.1) is 4.92 Å². The number of hydrogen-bond acceptors (Lipinski definition) is 3. The van der Waals surface area contributed by atoms with Gasteiger partial charge in [-0.2, -0.15) is 0 Å². The van der Waals surface area contributed by atoms with E-state index in [1.165, 1.54) is 11.6 Å². The number of nitro groups is 1. The molecule has 0 radical (unpaired) electrons. The maximum absolute atomic E-state index is 10.9. The fraction of sp³-hybridized carbons (Fsp3) is 0.250. The fourth-order valence-corrected chi connectivity index (χ4v) is 2.16. The molecule has 0 heterocycles. The maximum Gasteiger partial charge on any atom is 0.272 e. The lowest BCUT2D eigenvalue weighted by Crippen LogP contribution is -2.03. The van der Waals surface area contributed by atoms with Crippen LogP contribution in [0, 0.1) is 17.0 Å². The summed E-state index contributed by atoms with van der Waals surface area (Å²) in [6, 6.07) is 13.4. The summed E-state index contributed by atoms with van der Waals surface area (Å²) in [6.45, 7) is 4.49. The van der Waals surface area contributed by atoms with Crippen LogP contribution in [0.25, 0.3) is 0 Å². The zero-order valence-corrected chi connectivity index (χ0v) is 11.7. The molecule has 0 aliphatic heterocycles. The standard InChI is InChI=1S/C16H18N2O2/c1-3-13-6-4-8-15(10-13)17-11-14-7-5-9-16(12(14)2)18(19)20/h4-10,17H,3,11H2,1-2H3. The topological polar surface area (TPSA) is 55.2 Å². The minimum Gasteiger partial charge on any atom is -0.381 e. The Morgan fingerprint density at radius 2 is 1.95 bits per heavy atom. The number of hydrogen-bond donors (Lipinski definition) is 1. The molecule has 0 atom stereocenters. The van der Waals surface area contributed by atoms with Crippen LogP contribution in [0.4, 0.5) is 11.4 Å². The van der Waals surface area contributed by atoms with Gasteiger partial charge in [0.2, 0.25) is 0 Å². The Kier molecular flexibility index (Phi) is 4.35. The number of nitro benzene ring substituents is 1. The molecular formula is C16H18N2O2. The monoisotopic (exact) mass is 270 g/mol. The molecule has 4 nitrogen and oxygen atoms in total. The predicted octanol–water partition coefficient (Wildman–Crippen LogP) is 4.08. The van der Waals surface area contributed by atoms with Crippen molar-refractivity contribution in [2.75, 3.05) is 5.32 Å². The number of nitrogens with one attached hydrogen (secondary N) is 1. The van der Waals surface area contributed by atoms with E-state index in [0.29, 0.717) is 6.54 Å². The Hall–Kier alpha value is -2.36. The van der Waals surface area contributed by atoms with Gasteiger partial charge in [0.15, 0.2) is 0 Å². The minimum atomic E-state index is -0.337. The Morgan fingerprint density at radius 3 is 2.65 bits per heavy atom. The highest BCUT2D eigenvalue weighted by molar-refractivity contribution is 5.49. The van der Waals surface area contributed by atoms with E-state index in [0.717, 1.165) is 23.2 Å². The lowest BCUT2D eigenvalue weighted by atomic mass is 10.1. The highest BCUT2D eigenvalue weighted by Gasteiger charge is 2.12. The van der Waals surface area contributed by atoms with Crippen molar-refractivity contribution in [2.24, 2.45) is 0 Å². The van der Waals surface area contributed by atoms with Crippen LogP contribution >= 0.6 is 0 Å². The van der Waals surface area contributed by atoms with Crippen molar-refractivity contribution in [1.82, 2.24) is 0 Å².